The van der Waals surface area contributed by atoms with E-state index < -0.39 is 16.5 Å². The van der Waals surface area contributed by atoms with Gasteiger partial charge >= 0.3 is 10.4 Å². The number of rotatable bonds is 20. The molecule has 4 aliphatic rings. The standard InChI is InChI=1S/C37H72N4O5S/c1-26(2)34(46-47(43,44)45)13-10-27(3)30-11-12-31-35-32(15-17-37(30,31)5)36(4)16-14-29(24-28(36)25-33(35)42)41-23-9-22-40-20-7-6-19-39-21-8-18-38/h26-35,39-42H,6-25,38H2,1-5H3,(H,43,44,45)/t27-,28?,29+,30?,31?,32?,33-,34-,35?,36+,37-/m1/s1. The van der Waals surface area contributed by atoms with Crippen molar-refractivity contribution in [2.24, 2.45) is 58.0 Å². The third kappa shape index (κ3) is 10.1. The fraction of sp³-hybridized carbons (Fsp3) is 1.00. The highest BCUT2D eigenvalue weighted by molar-refractivity contribution is 7.80. The van der Waals surface area contributed by atoms with E-state index in [1.807, 2.05) is 13.8 Å². The van der Waals surface area contributed by atoms with E-state index in [9.17, 15) is 18.1 Å². The van der Waals surface area contributed by atoms with Gasteiger partial charge in [-0.3, -0.25) is 4.55 Å². The van der Waals surface area contributed by atoms with Crippen LogP contribution in [0.2, 0.25) is 0 Å². The molecule has 4 fully saturated rings. The lowest BCUT2D eigenvalue weighted by atomic mass is 9.43. The number of fused-ring (bicyclic) bond motifs is 5. The molecule has 7 N–H and O–H groups in total. The zero-order valence-corrected chi connectivity index (χ0v) is 31.3. The van der Waals surface area contributed by atoms with Crippen LogP contribution in [0.4, 0.5) is 0 Å². The monoisotopic (exact) mass is 685 g/mol. The van der Waals surface area contributed by atoms with Crippen molar-refractivity contribution >= 4 is 10.4 Å². The molecule has 0 aromatic carbocycles. The number of aliphatic hydroxyl groups is 1. The first-order valence-electron chi connectivity index (χ1n) is 19.5. The minimum Gasteiger partial charge on any atom is -0.393 e. The van der Waals surface area contributed by atoms with E-state index in [1.54, 1.807) is 0 Å². The van der Waals surface area contributed by atoms with Crippen molar-refractivity contribution in [3.63, 3.8) is 0 Å². The van der Waals surface area contributed by atoms with Gasteiger partial charge in [-0.15, -0.1) is 0 Å². The summed E-state index contributed by atoms with van der Waals surface area (Å²) in [6.45, 7) is 17.4. The molecule has 0 aromatic rings. The molecule has 0 amide bonds. The fourth-order valence-corrected chi connectivity index (χ4v) is 11.8. The largest absolute Gasteiger partial charge is 0.397 e. The second-order valence-corrected chi connectivity index (χ2v) is 18.1. The third-order valence-corrected chi connectivity index (χ3v) is 14.3. The van der Waals surface area contributed by atoms with Gasteiger partial charge in [0.25, 0.3) is 0 Å². The maximum atomic E-state index is 11.8. The zero-order valence-electron chi connectivity index (χ0n) is 30.5. The first-order chi connectivity index (χ1) is 22.3. The Bertz CT molecular complexity index is 1050. The quantitative estimate of drug-likeness (QED) is 0.0720. The second kappa shape index (κ2) is 17.7. The van der Waals surface area contributed by atoms with Crippen molar-refractivity contribution in [2.45, 2.75) is 143 Å². The van der Waals surface area contributed by atoms with Crippen LogP contribution < -0.4 is 21.7 Å². The molecule has 47 heavy (non-hydrogen) atoms. The predicted octanol–water partition coefficient (Wildman–Crippen LogP) is 5.53. The SMILES string of the molecule is CC(C)[C@@H](CC[C@@H](C)C1CCC2C3C(CC[C@@]21C)[C@@]1(C)CC[C@H](NCCCNCCCCNCCCN)CC1C[C@H]3O)OS(=O)(=O)O. The Hall–Kier alpha value is -0.330. The summed E-state index contributed by atoms with van der Waals surface area (Å²) in [5.41, 5.74) is 6.08. The first kappa shape index (κ1) is 39.5. The van der Waals surface area contributed by atoms with Gasteiger partial charge in [0, 0.05) is 6.04 Å². The van der Waals surface area contributed by atoms with Gasteiger partial charge in [-0.05, 0) is 181 Å². The molecule has 0 radical (unpaired) electrons. The van der Waals surface area contributed by atoms with Crippen LogP contribution in [0, 0.1) is 52.3 Å². The van der Waals surface area contributed by atoms with E-state index in [-0.39, 0.29) is 17.4 Å². The summed E-state index contributed by atoms with van der Waals surface area (Å²) in [5, 5.41) is 22.8. The lowest BCUT2D eigenvalue weighted by molar-refractivity contribution is -0.167. The Labute approximate surface area is 288 Å². The van der Waals surface area contributed by atoms with Crippen molar-refractivity contribution in [1.82, 2.24) is 16.0 Å². The van der Waals surface area contributed by atoms with Gasteiger partial charge in [-0.25, -0.2) is 4.18 Å². The van der Waals surface area contributed by atoms with Gasteiger partial charge in [0.2, 0.25) is 0 Å². The van der Waals surface area contributed by atoms with Gasteiger partial charge in [0.1, 0.15) is 0 Å². The molecule has 276 valence electrons. The molecule has 0 spiro atoms. The lowest BCUT2D eigenvalue weighted by Gasteiger charge is -2.62. The van der Waals surface area contributed by atoms with Crippen molar-refractivity contribution in [3.8, 4) is 0 Å². The highest BCUT2D eigenvalue weighted by Crippen LogP contribution is 2.68. The highest BCUT2D eigenvalue weighted by atomic mass is 32.3. The van der Waals surface area contributed by atoms with Crippen molar-refractivity contribution < 1.29 is 22.3 Å². The van der Waals surface area contributed by atoms with E-state index in [0.717, 1.165) is 65.0 Å². The summed E-state index contributed by atoms with van der Waals surface area (Å²) >= 11 is 0. The van der Waals surface area contributed by atoms with Gasteiger partial charge in [-0.1, -0.05) is 34.6 Å². The molecule has 5 unspecified atom stereocenters. The van der Waals surface area contributed by atoms with Crippen molar-refractivity contribution in [3.05, 3.63) is 0 Å². The maximum Gasteiger partial charge on any atom is 0.397 e. The van der Waals surface area contributed by atoms with Crippen LogP contribution in [0.25, 0.3) is 0 Å². The Morgan fingerprint density at radius 2 is 1.47 bits per heavy atom. The average Bonchev–Trinajstić information content (AvgIpc) is 3.36. The summed E-state index contributed by atoms with van der Waals surface area (Å²) in [5.74, 6) is 3.20. The van der Waals surface area contributed by atoms with Crippen LogP contribution in [-0.2, 0) is 14.6 Å². The van der Waals surface area contributed by atoms with E-state index >= 15 is 0 Å². The molecule has 0 heterocycles. The van der Waals surface area contributed by atoms with Gasteiger partial charge < -0.3 is 26.8 Å². The Balaban J connectivity index is 1.23. The number of aliphatic hydroxyl groups excluding tert-OH is 1. The van der Waals surface area contributed by atoms with E-state index in [0.29, 0.717) is 53.4 Å². The van der Waals surface area contributed by atoms with Crippen LogP contribution in [-0.4, -0.2) is 75.6 Å². The molecule has 10 heteroatoms. The van der Waals surface area contributed by atoms with Crippen LogP contribution in [0.15, 0.2) is 0 Å². The number of nitrogens with two attached hydrogens (primary N) is 1. The summed E-state index contributed by atoms with van der Waals surface area (Å²) in [7, 11) is -4.46. The molecular weight excluding hydrogens is 612 g/mol. The predicted molar refractivity (Wildman–Crippen MR) is 191 cm³/mol. The lowest BCUT2D eigenvalue weighted by Crippen LogP contribution is -2.59. The maximum absolute atomic E-state index is 11.8. The third-order valence-electron chi connectivity index (χ3n) is 13.8. The summed E-state index contributed by atoms with van der Waals surface area (Å²) in [6, 6.07) is 0.571. The number of hydrogen-bond donors (Lipinski definition) is 6. The van der Waals surface area contributed by atoms with Gasteiger partial charge in [0.15, 0.2) is 0 Å². The first-order valence-corrected chi connectivity index (χ1v) is 20.8. The highest BCUT2D eigenvalue weighted by Gasteiger charge is 2.62. The number of unbranched alkanes of at least 4 members (excludes halogenated alkanes) is 1. The van der Waals surface area contributed by atoms with E-state index in [4.69, 9.17) is 9.92 Å². The van der Waals surface area contributed by atoms with Gasteiger partial charge in [0.05, 0.1) is 12.2 Å². The molecule has 0 bridgehead atoms. The summed E-state index contributed by atoms with van der Waals surface area (Å²) in [6.07, 6.45) is 15.0. The zero-order chi connectivity index (χ0) is 34.2. The Kier molecular flexibility index (Phi) is 14.9. The number of hydrogen-bond acceptors (Lipinski definition) is 8. The minimum absolute atomic E-state index is 0.0137. The molecule has 0 saturated heterocycles. The fourth-order valence-electron chi connectivity index (χ4n) is 11.2. The molecule has 4 saturated carbocycles. The smallest absolute Gasteiger partial charge is 0.393 e. The van der Waals surface area contributed by atoms with Gasteiger partial charge in [-0.2, -0.15) is 8.42 Å². The molecule has 4 rings (SSSR count). The van der Waals surface area contributed by atoms with E-state index in [2.05, 4.69) is 36.7 Å². The van der Waals surface area contributed by atoms with Crippen LogP contribution in [0.3, 0.4) is 0 Å². The van der Waals surface area contributed by atoms with Crippen molar-refractivity contribution in [2.75, 3.05) is 39.3 Å². The summed E-state index contributed by atoms with van der Waals surface area (Å²) < 4.78 is 37.2. The van der Waals surface area contributed by atoms with Crippen LogP contribution >= 0.6 is 0 Å². The number of nitrogens with one attached hydrogen (secondary N) is 3. The molecule has 0 aromatic heterocycles. The van der Waals surface area contributed by atoms with Crippen molar-refractivity contribution in [1.29, 1.82) is 0 Å². The molecule has 4 aliphatic carbocycles. The molecular formula is C37H72N4O5S. The molecule has 0 aliphatic heterocycles. The van der Waals surface area contributed by atoms with Crippen LogP contribution in [0.1, 0.15) is 125 Å². The van der Waals surface area contributed by atoms with E-state index in [1.165, 1.54) is 57.8 Å². The topological polar surface area (TPSA) is 146 Å². The molecule has 11 atom stereocenters. The second-order valence-electron chi connectivity index (χ2n) is 17.0. The molecule has 9 nitrogen and oxygen atoms in total. The Morgan fingerprint density at radius 1 is 0.830 bits per heavy atom. The average molecular weight is 685 g/mol. The van der Waals surface area contributed by atoms with Crippen LogP contribution in [0.5, 0.6) is 0 Å². The minimum atomic E-state index is -4.46. The summed E-state index contributed by atoms with van der Waals surface area (Å²) in [4.78, 5) is 0. The Morgan fingerprint density at radius 3 is 2.13 bits per heavy atom. The normalized spacial score (nSPS) is 36.9.